The van der Waals surface area contributed by atoms with Gasteiger partial charge in [0.05, 0.1) is 4.90 Å². The number of carbonyl (C=O) groups excluding carboxylic acids is 2. The van der Waals surface area contributed by atoms with Crippen molar-refractivity contribution in [1.29, 1.82) is 0 Å². The molecule has 0 heterocycles. The molecular weight excluding hydrogens is 356 g/mol. The fraction of sp³-hybridized carbons (Fsp3) is 0.556. The second kappa shape index (κ2) is 9.68. The van der Waals surface area contributed by atoms with Gasteiger partial charge in [0.2, 0.25) is 10.0 Å². The number of benzene rings is 1. The van der Waals surface area contributed by atoms with E-state index in [0.717, 1.165) is 0 Å². The number of sulfonamides is 1. The Hall–Kier alpha value is -1.93. The van der Waals surface area contributed by atoms with E-state index in [-0.39, 0.29) is 17.4 Å². The fourth-order valence-corrected chi connectivity index (χ4v) is 3.31. The van der Waals surface area contributed by atoms with Crippen LogP contribution in [-0.4, -0.2) is 32.4 Å². The first-order valence-electron chi connectivity index (χ1n) is 8.64. The van der Waals surface area contributed by atoms with Crippen LogP contribution in [0.5, 0.6) is 0 Å². The lowest BCUT2D eigenvalue weighted by Gasteiger charge is -2.14. The van der Waals surface area contributed by atoms with Crippen LogP contribution < -0.4 is 10.0 Å². The Bertz CT molecular complexity index is 712. The standard InChI is InChI=1S/C18H28N2O5S/c1-12(2)6-11-17(21)25-14(5)18(22)19-15-7-9-16(10-8-15)26(23,24)20-13(3)4/h7-10,12-14,20H,6,11H2,1-5H3,(H,19,22)/t14-/m1/s1. The van der Waals surface area contributed by atoms with Gasteiger partial charge in [-0.25, -0.2) is 13.1 Å². The van der Waals surface area contributed by atoms with Crippen molar-refractivity contribution in [3.05, 3.63) is 24.3 Å². The molecule has 0 unspecified atom stereocenters. The van der Waals surface area contributed by atoms with Crippen LogP contribution in [0.25, 0.3) is 0 Å². The van der Waals surface area contributed by atoms with Gasteiger partial charge in [-0.15, -0.1) is 0 Å². The zero-order valence-electron chi connectivity index (χ0n) is 15.9. The molecule has 1 aromatic carbocycles. The van der Waals surface area contributed by atoms with Crippen molar-refractivity contribution in [1.82, 2.24) is 4.72 Å². The first kappa shape index (κ1) is 22.1. The number of hydrogen-bond acceptors (Lipinski definition) is 5. The van der Waals surface area contributed by atoms with Crippen LogP contribution >= 0.6 is 0 Å². The Kier molecular flexibility index (Phi) is 8.23. The van der Waals surface area contributed by atoms with Gasteiger partial charge < -0.3 is 10.1 Å². The number of nitrogens with one attached hydrogen (secondary N) is 2. The maximum atomic E-state index is 12.1. The van der Waals surface area contributed by atoms with Crippen molar-refractivity contribution in [2.75, 3.05) is 5.32 Å². The number of hydrogen-bond donors (Lipinski definition) is 2. The monoisotopic (exact) mass is 384 g/mol. The van der Waals surface area contributed by atoms with E-state index in [0.29, 0.717) is 18.0 Å². The first-order chi connectivity index (χ1) is 12.0. The van der Waals surface area contributed by atoms with Gasteiger partial charge in [-0.3, -0.25) is 9.59 Å². The molecule has 0 bridgehead atoms. The molecule has 0 aliphatic rings. The third-order valence-electron chi connectivity index (χ3n) is 3.43. The summed E-state index contributed by atoms with van der Waals surface area (Å²) < 4.78 is 31.7. The van der Waals surface area contributed by atoms with Crippen LogP contribution in [0.1, 0.15) is 47.5 Å². The molecule has 2 N–H and O–H groups in total. The summed E-state index contributed by atoms with van der Waals surface area (Å²) >= 11 is 0. The van der Waals surface area contributed by atoms with Gasteiger partial charge in [-0.1, -0.05) is 13.8 Å². The van der Waals surface area contributed by atoms with Crippen molar-refractivity contribution in [3.8, 4) is 0 Å². The predicted molar refractivity (Wildman–Crippen MR) is 100 cm³/mol. The largest absolute Gasteiger partial charge is 0.453 e. The number of ether oxygens (including phenoxy) is 1. The molecule has 1 amide bonds. The summed E-state index contributed by atoms with van der Waals surface area (Å²) in [6.45, 7) is 8.97. The molecule has 0 saturated heterocycles. The molecule has 1 aromatic rings. The van der Waals surface area contributed by atoms with Crippen LogP contribution in [0.15, 0.2) is 29.2 Å². The SMILES string of the molecule is CC(C)CCC(=O)O[C@H](C)C(=O)Nc1ccc(S(=O)(=O)NC(C)C)cc1. The minimum absolute atomic E-state index is 0.109. The lowest BCUT2D eigenvalue weighted by Crippen LogP contribution is -2.30. The summed E-state index contributed by atoms with van der Waals surface area (Å²) in [7, 11) is -3.58. The molecule has 0 radical (unpaired) electrons. The van der Waals surface area contributed by atoms with E-state index in [1.54, 1.807) is 13.8 Å². The maximum Gasteiger partial charge on any atom is 0.306 e. The fourth-order valence-electron chi connectivity index (χ4n) is 2.06. The lowest BCUT2D eigenvalue weighted by atomic mass is 10.1. The van der Waals surface area contributed by atoms with Gasteiger partial charge in [0.1, 0.15) is 0 Å². The van der Waals surface area contributed by atoms with E-state index in [1.165, 1.54) is 31.2 Å². The summed E-state index contributed by atoms with van der Waals surface area (Å²) in [5.74, 6) is -0.506. The smallest absolute Gasteiger partial charge is 0.306 e. The second-order valence-electron chi connectivity index (χ2n) is 6.85. The average molecular weight is 384 g/mol. The summed E-state index contributed by atoms with van der Waals surface area (Å²) in [4.78, 5) is 23.9. The molecule has 0 aliphatic heterocycles. The Morgan fingerprint density at radius 3 is 2.12 bits per heavy atom. The minimum Gasteiger partial charge on any atom is -0.453 e. The third kappa shape index (κ3) is 7.53. The molecular formula is C18H28N2O5S. The lowest BCUT2D eigenvalue weighted by molar-refractivity contribution is -0.153. The van der Waals surface area contributed by atoms with Crippen molar-refractivity contribution >= 4 is 27.6 Å². The summed E-state index contributed by atoms with van der Waals surface area (Å²) in [6, 6.07) is 5.56. The number of anilines is 1. The zero-order chi connectivity index (χ0) is 19.9. The Morgan fingerprint density at radius 2 is 1.62 bits per heavy atom. The molecule has 26 heavy (non-hydrogen) atoms. The first-order valence-corrected chi connectivity index (χ1v) is 10.1. The van der Waals surface area contributed by atoms with Gasteiger partial charge in [0.25, 0.3) is 5.91 Å². The Labute approximate surface area is 155 Å². The molecule has 0 saturated carbocycles. The van der Waals surface area contributed by atoms with Crippen molar-refractivity contribution < 1.29 is 22.7 Å². The van der Waals surface area contributed by atoms with E-state index in [4.69, 9.17) is 4.74 Å². The van der Waals surface area contributed by atoms with Gasteiger partial charge in [-0.05, 0) is 57.4 Å². The Morgan fingerprint density at radius 1 is 1.04 bits per heavy atom. The van der Waals surface area contributed by atoms with Crippen LogP contribution in [0.4, 0.5) is 5.69 Å². The van der Waals surface area contributed by atoms with Gasteiger partial charge >= 0.3 is 5.97 Å². The van der Waals surface area contributed by atoms with Crippen LogP contribution in [0.2, 0.25) is 0 Å². The summed E-state index contributed by atoms with van der Waals surface area (Å²) in [6.07, 6.45) is 0.0405. The van der Waals surface area contributed by atoms with Crippen molar-refractivity contribution in [3.63, 3.8) is 0 Å². The molecule has 8 heteroatoms. The van der Waals surface area contributed by atoms with Gasteiger partial charge in [-0.2, -0.15) is 0 Å². The highest BCUT2D eigenvalue weighted by molar-refractivity contribution is 7.89. The van der Waals surface area contributed by atoms with Crippen LogP contribution in [0, 0.1) is 5.92 Å². The van der Waals surface area contributed by atoms with Crippen LogP contribution in [0.3, 0.4) is 0 Å². The normalized spacial score (nSPS) is 12.9. The third-order valence-corrected chi connectivity index (χ3v) is 5.10. The molecule has 0 spiro atoms. The van der Waals surface area contributed by atoms with E-state index in [2.05, 4.69) is 10.0 Å². The zero-order valence-corrected chi connectivity index (χ0v) is 16.7. The van der Waals surface area contributed by atoms with Gasteiger partial charge in [0, 0.05) is 18.2 Å². The van der Waals surface area contributed by atoms with Crippen molar-refractivity contribution in [2.24, 2.45) is 5.92 Å². The van der Waals surface area contributed by atoms with Crippen LogP contribution in [-0.2, 0) is 24.3 Å². The Balaban J connectivity index is 2.63. The van der Waals surface area contributed by atoms with E-state index >= 15 is 0 Å². The van der Waals surface area contributed by atoms with Gasteiger partial charge in [0.15, 0.2) is 6.10 Å². The van der Waals surface area contributed by atoms with E-state index in [9.17, 15) is 18.0 Å². The topological polar surface area (TPSA) is 102 Å². The quantitative estimate of drug-likeness (QED) is 0.638. The predicted octanol–water partition coefficient (Wildman–Crippen LogP) is 2.68. The maximum absolute atomic E-state index is 12.1. The van der Waals surface area contributed by atoms with E-state index < -0.39 is 28.0 Å². The number of amides is 1. The summed E-state index contributed by atoms with van der Waals surface area (Å²) in [5, 5.41) is 2.60. The molecule has 0 fully saturated rings. The summed E-state index contributed by atoms with van der Waals surface area (Å²) in [5.41, 5.74) is 0.420. The van der Waals surface area contributed by atoms with Crippen molar-refractivity contribution in [2.45, 2.75) is 64.5 Å². The molecule has 7 nitrogen and oxygen atoms in total. The average Bonchev–Trinajstić information content (AvgIpc) is 2.52. The number of carbonyl (C=O) groups is 2. The minimum atomic E-state index is -3.58. The highest BCUT2D eigenvalue weighted by Gasteiger charge is 2.19. The highest BCUT2D eigenvalue weighted by Crippen LogP contribution is 2.15. The number of esters is 1. The molecule has 0 aromatic heterocycles. The molecule has 146 valence electrons. The molecule has 1 atom stereocenters. The number of rotatable bonds is 9. The molecule has 0 aliphatic carbocycles. The van der Waals surface area contributed by atoms with E-state index in [1.807, 2.05) is 13.8 Å². The molecule has 1 rings (SSSR count). The second-order valence-corrected chi connectivity index (χ2v) is 8.57. The highest BCUT2D eigenvalue weighted by atomic mass is 32.2.